The van der Waals surface area contributed by atoms with E-state index in [0.717, 1.165) is 6.26 Å². The van der Waals surface area contributed by atoms with Crippen molar-refractivity contribution in [1.82, 2.24) is 0 Å². The van der Waals surface area contributed by atoms with Crippen LogP contribution >= 0.6 is 0 Å². The van der Waals surface area contributed by atoms with E-state index < -0.39 is 34.3 Å². The number of benzene rings is 2. The number of nitrogens with one attached hydrogen (secondary N) is 1. The maximum absolute atomic E-state index is 12.0. The van der Waals surface area contributed by atoms with E-state index in [1.165, 1.54) is 48.5 Å². The van der Waals surface area contributed by atoms with E-state index in [0.29, 0.717) is 11.3 Å². The first-order chi connectivity index (χ1) is 13.6. The summed E-state index contributed by atoms with van der Waals surface area (Å²) in [6, 6.07) is 11.3. The lowest BCUT2D eigenvalue weighted by Gasteiger charge is -2.09. The molecule has 1 amide bonds. The Labute approximate surface area is 168 Å². The smallest absolute Gasteiger partial charge is 0.338 e. The van der Waals surface area contributed by atoms with Crippen molar-refractivity contribution in [3.05, 3.63) is 59.7 Å². The molecule has 0 spiro atoms. The third kappa shape index (κ3) is 6.72. The number of carbonyl (C=O) groups excluding carboxylic acids is 3. The zero-order valence-electron chi connectivity index (χ0n) is 16.2. The Morgan fingerprint density at radius 1 is 0.897 bits per heavy atom. The molecule has 0 aliphatic rings. The first-order valence-electron chi connectivity index (χ1n) is 8.64. The lowest BCUT2D eigenvalue weighted by atomic mass is 10.2. The third-order valence-corrected chi connectivity index (χ3v) is 4.73. The minimum absolute atomic E-state index is 0.0764. The average molecular weight is 419 g/mol. The summed E-state index contributed by atoms with van der Waals surface area (Å²) in [5.41, 5.74) is 0.892. The van der Waals surface area contributed by atoms with E-state index in [9.17, 15) is 22.8 Å². The molecule has 154 valence electrons. The molecule has 2 aromatic rings. The van der Waals surface area contributed by atoms with Gasteiger partial charge in [-0.05, 0) is 62.4 Å². The largest absolute Gasteiger partial charge is 0.459 e. The quantitative estimate of drug-likeness (QED) is 0.685. The second kappa shape index (κ2) is 9.33. The summed E-state index contributed by atoms with van der Waals surface area (Å²) in [5, 5.41) is 2.54. The summed E-state index contributed by atoms with van der Waals surface area (Å²) in [5.74, 6) is -1.79. The number of hydrogen-bond donors (Lipinski definition) is 1. The van der Waals surface area contributed by atoms with E-state index in [4.69, 9.17) is 9.47 Å². The number of sulfone groups is 1. The molecule has 0 aliphatic heterocycles. The lowest BCUT2D eigenvalue weighted by molar-refractivity contribution is -0.119. The van der Waals surface area contributed by atoms with Gasteiger partial charge in [0.1, 0.15) is 0 Å². The Morgan fingerprint density at radius 3 is 1.93 bits per heavy atom. The molecule has 0 saturated heterocycles. The average Bonchev–Trinajstić information content (AvgIpc) is 2.65. The fourth-order valence-corrected chi connectivity index (χ4v) is 2.85. The van der Waals surface area contributed by atoms with Crippen molar-refractivity contribution in [1.29, 1.82) is 0 Å². The molecule has 0 aliphatic carbocycles. The predicted molar refractivity (Wildman–Crippen MR) is 105 cm³/mol. The molecule has 0 fully saturated rings. The number of ether oxygens (including phenoxy) is 2. The summed E-state index contributed by atoms with van der Waals surface area (Å²) >= 11 is 0. The molecule has 0 saturated carbocycles. The van der Waals surface area contributed by atoms with Gasteiger partial charge in [0.05, 0.1) is 22.1 Å². The van der Waals surface area contributed by atoms with Gasteiger partial charge in [-0.25, -0.2) is 18.0 Å². The molecule has 0 radical (unpaired) electrons. The second-order valence-electron chi connectivity index (χ2n) is 6.45. The Balaban J connectivity index is 1.88. The van der Waals surface area contributed by atoms with Crippen LogP contribution in [0.5, 0.6) is 0 Å². The number of amides is 1. The number of carbonyl (C=O) groups is 3. The van der Waals surface area contributed by atoms with Crippen molar-refractivity contribution < 1.29 is 32.3 Å². The van der Waals surface area contributed by atoms with Crippen LogP contribution in [0.25, 0.3) is 0 Å². The minimum Gasteiger partial charge on any atom is -0.459 e. The van der Waals surface area contributed by atoms with E-state index in [-0.39, 0.29) is 16.6 Å². The molecule has 9 heteroatoms. The fourth-order valence-electron chi connectivity index (χ4n) is 2.22. The van der Waals surface area contributed by atoms with Gasteiger partial charge in [0.2, 0.25) is 0 Å². The SMILES string of the molecule is CC(C)OC(=O)c1ccc(NC(=O)COC(=O)c2ccc(S(C)(=O)=O)cc2)cc1. The van der Waals surface area contributed by atoms with Crippen molar-refractivity contribution in [3.8, 4) is 0 Å². The van der Waals surface area contributed by atoms with Gasteiger partial charge in [-0.1, -0.05) is 0 Å². The van der Waals surface area contributed by atoms with Crippen molar-refractivity contribution in [2.75, 3.05) is 18.2 Å². The van der Waals surface area contributed by atoms with E-state index in [2.05, 4.69) is 5.32 Å². The van der Waals surface area contributed by atoms with Crippen molar-refractivity contribution >= 4 is 33.4 Å². The fraction of sp³-hybridized carbons (Fsp3) is 0.250. The monoisotopic (exact) mass is 419 g/mol. The van der Waals surface area contributed by atoms with Gasteiger partial charge >= 0.3 is 11.9 Å². The summed E-state index contributed by atoms with van der Waals surface area (Å²) in [7, 11) is -3.37. The van der Waals surface area contributed by atoms with Crippen LogP contribution in [0.15, 0.2) is 53.4 Å². The highest BCUT2D eigenvalue weighted by Gasteiger charge is 2.13. The van der Waals surface area contributed by atoms with Gasteiger partial charge in [-0.3, -0.25) is 4.79 Å². The van der Waals surface area contributed by atoms with Crippen LogP contribution in [0.4, 0.5) is 5.69 Å². The van der Waals surface area contributed by atoms with Gasteiger partial charge < -0.3 is 14.8 Å². The number of rotatable bonds is 7. The van der Waals surface area contributed by atoms with Crippen LogP contribution < -0.4 is 5.32 Å². The summed E-state index contributed by atoms with van der Waals surface area (Å²) in [6.45, 7) is 2.96. The lowest BCUT2D eigenvalue weighted by Crippen LogP contribution is -2.21. The summed E-state index contributed by atoms with van der Waals surface area (Å²) < 4.78 is 32.8. The molecule has 29 heavy (non-hydrogen) atoms. The van der Waals surface area contributed by atoms with Crippen molar-refractivity contribution in [2.45, 2.75) is 24.8 Å². The highest BCUT2D eigenvalue weighted by molar-refractivity contribution is 7.90. The van der Waals surface area contributed by atoms with Gasteiger partial charge in [-0.15, -0.1) is 0 Å². The zero-order valence-corrected chi connectivity index (χ0v) is 17.0. The Bertz CT molecular complexity index is 994. The van der Waals surface area contributed by atoms with Crippen LogP contribution in [0.2, 0.25) is 0 Å². The molecule has 0 bridgehead atoms. The standard InChI is InChI=1S/C20H21NO7S/c1-13(2)28-20(24)15-4-8-16(9-5-15)21-18(22)12-27-19(23)14-6-10-17(11-7-14)29(3,25)26/h4-11,13H,12H2,1-3H3,(H,21,22). The first kappa shape index (κ1) is 22.1. The molecule has 0 aromatic heterocycles. The van der Waals surface area contributed by atoms with E-state index in [1.807, 2.05) is 0 Å². The Kier molecular flexibility index (Phi) is 7.11. The zero-order chi connectivity index (χ0) is 21.6. The van der Waals surface area contributed by atoms with Crippen molar-refractivity contribution in [3.63, 3.8) is 0 Å². The van der Waals surface area contributed by atoms with E-state index >= 15 is 0 Å². The van der Waals surface area contributed by atoms with Crippen LogP contribution in [0.3, 0.4) is 0 Å². The summed E-state index contributed by atoms with van der Waals surface area (Å²) in [4.78, 5) is 35.8. The molecule has 0 atom stereocenters. The Morgan fingerprint density at radius 2 is 1.41 bits per heavy atom. The van der Waals surface area contributed by atoms with E-state index in [1.54, 1.807) is 13.8 Å². The molecule has 1 N–H and O–H groups in total. The summed E-state index contributed by atoms with van der Waals surface area (Å²) in [6.07, 6.45) is 0.823. The maximum Gasteiger partial charge on any atom is 0.338 e. The van der Waals surface area contributed by atoms with Crippen LogP contribution in [-0.4, -0.2) is 45.2 Å². The number of hydrogen-bond acceptors (Lipinski definition) is 7. The Hall–Kier alpha value is -3.20. The molecule has 0 heterocycles. The molecule has 8 nitrogen and oxygen atoms in total. The molecule has 2 rings (SSSR count). The molecular formula is C20H21NO7S. The highest BCUT2D eigenvalue weighted by atomic mass is 32.2. The van der Waals surface area contributed by atoms with Crippen LogP contribution in [0, 0.1) is 0 Å². The van der Waals surface area contributed by atoms with Crippen LogP contribution in [-0.2, 0) is 24.1 Å². The normalized spacial score (nSPS) is 11.0. The molecule has 0 unspecified atom stereocenters. The minimum atomic E-state index is -3.37. The van der Waals surface area contributed by atoms with Gasteiger partial charge in [0, 0.05) is 11.9 Å². The predicted octanol–water partition coefficient (Wildman–Crippen LogP) is 2.45. The first-order valence-corrected chi connectivity index (χ1v) is 10.5. The highest BCUT2D eigenvalue weighted by Crippen LogP contribution is 2.13. The van der Waals surface area contributed by atoms with Crippen molar-refractivity contribution in [2.24, 2.45) is 0 Å². The topological polar surface area (TPSA) is 116 Å². The van der Waals surface area contributed by atoms with Gasteiger partial charge in [0.25, 0.3) is 5.91 Å². The molecular weight excluding hydrogens is 398 g/mol. The second-order valence-corrected chi connectivity index (χ2v) is 8.47. The van der Waals surface area contributed by atoms with Gasteiger partial charge in [-0.2, -0.15) is 0 Å². The number of esters is 2. The maximum atomic E-state index is 12.0. The third-order valence-electron chi connectivity index (χ3n) is 3.60. The number of anilines is 1. The van der Waals surface area contributed by atoms with Crippen LogP contribution in [0.1, 0.15) is 34.6 Å². The molecule has 2 aromatic carbocycles. The van der Waals surface area contributed by atoms with Gasteiger partial charge in [0.15, 0.2) is 16.4 Å².